The van der Waals surface area contributed by atoms with Crippen molar-refractivity contribution in [2.75, 3.05) is 0 Å². The van der Waals surface area contributed by atoms with Gasteiger partial charge in [0.15, 0.2) is 0 Å². The average Bonchev–Trinajstić information content (AvgIpc) is 2.57. The maximum atomic E-state index is 10.8. The highest BCUT2D eigenvalue weighted by Gasteiger charge is 2.45. The second kappa shape index (κ2) is 6.22. The smallest absolute Gasteiger partial charge is 0.127 e. The molecule has 3 rings (SSSR count). The van der Waals surface area contributed by atoms with E-state index in [-0.39, 0.29) is 23.5 Å². The fourth-order valence-corrected chi connectivity index (χ4v) is 3.63. The predicted octanol–water partition coefficient (Wildman–Crippen LogP) is 5.74. The van der Waals surface area contributed by atoms with Gasteiger partial charge < -0.3 is 9.84 Å². The van der Waals surface area contributed by atoms with Gasteiger partial charge in [0.25, 0.3) is 0 Å². The van der Waals surface area contributed by atoms with Gasteiger partial charge in [-0.2, -0.15) is 0 Å². The van der Waals surface area contributed by atoms with Crippen LogP contribution in [0.15, 0.2) is 23.8 Å². The third-order valence-electron chi connectivity index (χ3n) is 4.87. The summed E-state index contributed by atoms with van der Waals surface area (Å²) in [5.41, 5.74) is -0.760. The first-order valence-corrected chi connectivity index (χ1v) is 8.51. The van der Waals surface area contributed by atoms with Crippen molar-refractivity contribution >= 4 is 0 Å². The van der Waals surface area contributed by atoms with Gasteiger partial charge in [-0.3, -0.25) is 0 Å². The van der Waals surface area contributed by atoms with Crippen molar-refractivity contribution in [1.29, 1.82) is 0 Å². The highest BCUT2D eigenvalue weighted by Crippen LogP contribution is 2.53. The van der Waals surface area contributed by atoms with Crippen LogP contribution in [0.5, 0.6) is 11.5 Å². The van der Waals surface area contributed by atoms with E-state index < -0.39 is 31.1 Å². The number of allylic oxidation sites excluding steroid dienone is 2. The number of phenolic OH excluding ortho intramolecular Hbond substituents is 1. The highest BCUT2D eigenvalue weighted by molar-refractivity contribution is 5.53. The molecule has 1 heterocycles. The Morgan fingerprint density at radius 1 is 1.39 bits per heavy atom. The van der Waals surface area contributed by atoms with E-state index in [2.05, 4.69) is 6.92 Å². The van der Waals surface area contributed by atoms with Crippen LogP contribution in [0.2, 0.25) is 0 Å². The number of ether oxygens (including phenoxy) is 1. The summed E-state index contributed by atoms with van der Waals surface area (Å²) in [6, 6.07) is 3.21. The molecule has 0 spiro atoms. The molecule has 2 atom stereocenters. The Labute approximate surface area is 150 Å². The molecule has 2 nitrogen and oxygen atoms in total. The molecular formula is C21H30O2. The molecule has 2 heteroatoms. The minimum atomic E-state index is -2.99. The zero-order chi connectivity index (χ0) is 22.5. The zero-order valence-electron chi connectivity index (χ0n) is 20.9. The van der Waals surface area contributed by atoms with Crippen LogP contribution in [0.3, 0.4) is 0 Å². The molecule has 0 bridgehead atoms. The monoisotopic (exact) mass is 321 g/mol. The van der Waals surface area contributed by atoms with E-state index in [4.69, 9.17) is 13.0 Å². The van der Waals surface area contributed by atoms with E-state index in [0.717, 1.165) is 30.4 Å². The largest absolute Gasteiger partial charge is 0.507 e. The van der Waals surface area contributed by atoms with Gasteiger partial charge in [-0.25, -0.2) is 0 Å². The number of hydrogen-bond acceptors (Lipinski definition) is 2. The van der Waals surface area contributed by atoms with Crippen LogP contribution < -0.4 is 4.74 Å². The SMILES string of the molecule is [2H]C([2H])([2H])C1(C([2H])([2H])[2H])Oc2cc(CCCCC)cc(O)c2[C@@]2([2H])C=C(C)CC[C@H]12. The van der Waals surface area contributed by atoms with E-state index in [9.17, 15) is 6.48 Å². The Balaban J connectivity index is 2.28. The number of phenols is 1. The van der Waals surface area contributed by atoms with Gasteiger partial charge in [0, 0.05) is 27.0 Å². The lowest BCUT2D eigenvalue weighted by Gasteiger charge is -2.46. The van der Waals surface area contributed by atoms with Crippen molar-refractivity contribution in [1.82, 2.24) is 0 Å². The van der Waals surface area contributed by atoms with Crippen LogP contribution in [0.25, 0.3) is 0 Å². The number of rotatable bonds is 4. The van der Waals surface area contributed by atoms with E-state index in [1.54, 1.807) is 18.2 Å². The number of aryl methyl sites for hydroxylation is 1. The molecule has 0 amide bonds. The van der Waals surface area contributed by atoms with Crippen LogP contribution in [-0.2, 0) is 6.42 Å². The lowest BCUT2D eigenvalue weighted by molar-refractivity contribution is 0.0107. The lowest BCUT2D eigenvalue weighted by atomic mass is 9.68. The normalized spacial score (nSPS) is 33.9. The third-order valence-corrected chi connectivity index (χ3v) is 4.87. The second-order valence-corrected chi connectivity index (χ2v) is 6.82. The Bertz CT molecular complexity index is 827. The summed E-state index contributed by atoms with van der Waals surface area (Å²) >= 11 is 0. The number of hydrogen-bond donors (Lipinski definition) is 1. The Morgan fingerprint density at radius 2 is 2.22 bits per heavy atom. The van der Waals surface area contributed by atoms with Gasteiger partial charge in [-0.15, -0.1) is 0 Å². The van der Waals surface area contributed by atoms with Gasteiger partial charge in [0.1, 0.15) is 17.1 Å². The number of aromatic hydroxyl groups is 1. The average molecular weight is 322 g/mol. The minimum absolute atomic E-state index is 0.00838. The summed E-state index contributed by atoms with van der Waals surface area (Å²) in [7, 11) is 0. The summed E-state index contributed by atoms with van der Waals surface area (Å²) in [6.07, 6.45) is 5.82. The van der Waals surface area contributed by atoms with Gasteiger partial charge in [0.05, 0.1) is 0 Å². The predicted molar refractivity (Wildman–Crippen MR) is 95.3 cm³/mol. The molecule has 0 unspecified atom stereocenters. The van der Waals surface area contributed by atoms with Crippen LogP contribution in [0, 0.1) is 5.92 Å². The molecule has 0 fully saturated rings. The van der Waals surface area contributed by atoms with Crippen molar-refractivity contribution in [3.05, 3.63) is 34.9 Å². The quantitative estimate of drug-likeness (QED) is 0.566. The minimum Gasteiger partial charge on any atom is -0.507 e. The Hall–Kier alpha value is -1.44. The molecule has 1 aliphatic heterocycles. The first kappa shape index (κ1) is 9.76. The van der Waals surface area contributed by atoms with Gasteiger partial charge >= 0.3 is 0 Å². The number of benzene rings is 1. The fourth-order valence-electron chi connectivity index (χ4n) is 3.63. The third kappa shape index (κ3) is 3.13. The zero-order valence-corrected chi connectivity index (χ0v) is 13.9. The molecule has 23 heavy (non-hydrogen) atoms. The molecule has 0 radical (unpaired) electrons. The van der Waals surface area contributed by atoms with E-state index in [0.29, 0.717) is 12.8 Å². The van der Waals surface area contributed by atoms with Crippen LogP contribution in [-0.4, -0.2) is 10.7 Å². The Morgan fingerprint density at radius 3 is 2.96 bits per heavy atom. The maximum Gasteiger partial charge on any atom is 0.127 e. The van der Waals surface area contributed by atoms with E-state index in [1.165, 1.54) is 0 Å². The van der Waals surface area contributed by atoms with Gasteiger partial charge in [-0.1, -0.05) is 31.4 Å². The molecule has 1 aromatic carbocycles. The summed E-state index contributed by atoms with van der Waals surface area (Å²) < 4.78 is 64.1. The van der Waals surface area contributed by atoms with Crippen molar-refractivity contribution in [2.45, 2.75) is 77.6 Å². The molecule has 1 aliphatic carbocycles. The molecule has 0 aromatic heterocycles. The summed E-state index contributed by atoms with van der Waals surface area (Å²) in [6.45, 7) is -2.06. The number of unbranched alkanes of at least 4 members (excludes halogenated alkanes) is 2. The number of fused-ring (bicyclic) bond motifs is 3. The molecular weight excluding hydrogens is 284 g/mol. The molecule has 126 valence electrons. The highest BCUT2D eigenvalue weighted by atomic mass is 16.5. The van der Waals surface area contributed by atoms with E-state index >= 15 is 0 Å². The summed E-state index contributed by atoms with van der Waals surface area (Å²) in [5, 5.41) is 10.8. The fraction of sp³-hybridized carbons (Fsp3) is 0.619. The standard InChI is InChI=1S/C21H30O2/c1-5-6-7-8-15-12-18(22)20-16-11-14(2)9-10-17(16)21(3,4)23-19(20)13-15/h11-13,16-17,22H,5-10H2,1-4H3/t16-,17-/m0/s1/i3D3,4D3,16D. The molecule has 0 saturated heterocycles. The second-order valence-electron chi connectivity index (χ2n) is 6.82. The molecule has 0 saturated carbocycles. The van der Waals surface area contributed by atoms with Gasteiger partial charge in [0.2, 0.25) is 0 Å². The van der Waals surface area contributed by atoms with Crippen LogP contribution in [0.4, 0.5) is 0 Å². The topological polar surface area (TPSA) is 29.5 Å². The maximum absolute atomic E-state index is 10.8. The molecule has 1 aromatic rings. The van der Waals surface area contributed by atoms with Gasteiger partial charge in [-0.05, 0) is 64.0 Å². The van der Waals surface area contributed by atoms with E-state index in [1.807, 2.05) is 6.92 Å². The van der Waals surface area contributed by atoms with Crippen molar-refractivity contribution in [3.63, 3.8) is 0 Å². The summed E-state index contributed by atoms with van der Waals surface area (Å²) in [5.74, 6) is -3.01. The molecule has 1 N–H and O–H groups in total. The summed E-state index contributed by atoms with van der Waals surface area (Å²) in [4.78, 5) is 0. The van der Waals surface area contributed by atoms with Crippen molar-refractivity contribution in [3.8, 4) is 11.5 Å². The molecule has 2 aliphatic rings. The van der Waals surface area contributed by atoms with Crippen LogP contribution >= 0.6 is 0 Å². The first-order chi connectivity index (χ1) is 13.8. The Kier molecular flexibility index (Phi) is 2.64. The van der Waals surface area contributed by atoms with Crippen molar-refractivity contribution < 1.29 is 19.4 Å². The van der Waals surface area contributed by atoms with Crippen LogP contribution in [0.1, 0.15) is 86.3 Å². The lowest BCUT2D eigenvalue weighted by Crippen LogP contribution is -2.45. The first-order valence-electron chi connectivity index (χ1n) is 12.0. The van der Waals surface area contributed by atoms with Crippen molar-refractivity contribution in [2.24, 2.45) is 5.92 Å².